The normalized spacial score (nSPS) is 26.2. The average molecular weight is 278 g/mol. The van der Waals surface area contributed by atoms with Crippen LogP contribution in [0.1, 0.15) is 19.4 Å². The van der Waals surface area contributed by atoms with E-state index < -0.39 is 0 Å². The van der Waals surface area contributed by atoms with Gasteiger partial charge in [-0.15, -0.1) is 0 Å². The Hall–Kier alpha value is -1.26. The Morgan fingerprint density at radius 1 is 1.37 bits per heavy atom. The van der Waals surface area contributed by atoms with Crippen LogP contribution in [0.2, 0.25) is 0 Å². The summed E-state index contributed by atoms with van der Waals surface area (Å²) in [6.07, 6.45) is 3.44. The number of aryl methyl sites for hydroxylation is 1. The maximum atomic E-state index is 11.0. The Labute approximate surface area is 118 Å². The summed E-state index contributed by atoms with van der Waals surface area (Å²) < 4.78 is 11.0. The molecule has 0 fully saturated rings. The number of benzene rings is 1. The summed E-state index contributed by atoms with van der Waals surface area (Å²) in [4.78, 5) is 12.1. The van der Waals surface area contributed by atoms with Crippen LogP contribution >= 0.6 is 11.8 Å². The Balaban J connectivity index is 1.99. The second kappa shape index (κ2) is 6.26. The third kappa shape index (κ3) is 4.11. The molecule has 0 bridgehead atoms. The highest BCUT2D eigenvalue weighted by Crippen LogP contribution is 2.30. The van der Waals surface area contributed by atoms with Gasteiger partial charge in [0.2, 0.25) is 0 Å². The first-order chi connectivity index (χ1) is 9.04. The molecule has 4 heteroatoms. The van der Waals surface area contributed by atoms with Gasteiger partial charge in [0.1, 0.15) is 11.5 Å². The van der Waals surface area contributed by atoms with Gasteiger partial charge in [-0.2, -0.15) is 0 Å². The quantitative estimate of drug-likeness (QED) is 0.627. The van der Waals surface area contributed by atoms with E-state index in [0.29, 0.717) is 0 Å². The number of carbonyl (C=O) groups is 1. The number of hydrogen-bond acceptors (Lipinski definition) is 4. The summed E-state index contributed by atoms with van der Waals surface area (Å²) in [7, 11) is 0. The summed E-state index contributed by atoms with van der Waals surface area (Å²) in [5.41, 5.74) is 1.19. The molecule has 1 aromatic carbocycles. The summed E-state index contributed by atoms with van der Waals surface area (Å²) >= 11 is 1.65. The van der Waals surface area contributed by atoms with Crippen LogP contribution in [0, 0.1) is 6.92 Å². The molecule has 0 aliphatic carbocycles. The smallest absolute Gasteiger partial charge is 0.303 e. The zero-order chi connectivity index (χ0) is 13.8. The van der Waals surface area contributed by atoms with E-state index in [2.05, 4.69) is 25.1 Å². The fourth-order valence-electron chi connectivity index (χ4n) is 1.91. The summed E-state index contributed by atoms with van der Waals surface area (Å²) in [6.45, 7) is 5.40. The van der Waals surface area contributed by atoms with Crippen molar-refractivity contribution in [1.29, 1.82) is 0 Å². The zero-order valence-corrected chi connectivity index (χ0v) is 12.1. The molecular weight excluding hydrogens is 260 g/mol. The highest BCUT2D eigenvalue weighted by atomic mass is 32.2. The second-order valence-electron chi connectivity index (χ2n) is 4.60. The molecule has 19 heavy (non-hydrogen) atoms. The van der Waals surface area contributed by atoms with Crippen LogP contribution in [0.5, 0.6) is 0 Å². The summed E-state index contributed by atoms with van der Waals surface area (Å²) in [5.74, 6) is -0.283. The SMILES string of the molecule is CC(=O)O[C@@H]1C=CC(Sc2cccc(C)c2)O[C@H]1C. The van der Waals surface area contributed by atoms with E-state index in [9.17, 15) is 4.79 Å². The maximum absolute atomic E-state index is 11.0. The van der Waals surface area contributed by atoms with E-state index in [4.69, 9.17) is 9.47 Å². The first-order valence-electron chi connectivity index (χ1n) is 6.29. The third-order valence-electron chi connectivity index (χ3n) is 2.81. The lowest BCUT2D eigenvalue weighted by Gasteiger charge is -2.29. The minimum Gasteiger partial charge on any atom is -0.456 e. The number of esters is 1. The largest absolute Gasteiger partial charge is 0.456 e. The van der Waals surface area contributed by atoms with Gasteiger partial charge in [0.25, 0.3) is 0 Å². The van der Waals surface area contributed by atoms with Crippen LogP contribution in [-0.2, 0) is 14.3 Å². The minimum atomic E-state index is -0.285. The molecular formula is C15H18O3S. The van der Waals surface area contributed by atoms with Crippen LogP contribution in [-0.4, -0.2) is 23.6 Å². The van der Waals surface area contributed by atoms with E-state index in [0.717, 1.165) is 0 Å². The van der Waals surface area contributed by atoms with E-state index in [-0.39, 0.29) is 23.6 Å². The van der Waals surface area contributed by atoms with Gasteiger partial charge in [-0.05, 0) is 38.1 Å². The monoisotopic (exact) mass is 278 g/mol. The second-order valence-corrected chi connectivity index (χ2v) is 5.77. The fraction of sp³-hybridized carbons (Fsp3) is 0.400. The van der Waals surface area contributed by atoms with Crippen molar-refractivity contribution in [2.75, 3.05) is 0 Å². The number of thioether (sulfide) groups is 1. The molecule has 0 saturated carbocycles. The van der Waals surface area contributed by atoms with Gasteiger partial charge in [-0.25, -0.2) is 0 Å². The Morgan fingerprint density at radius 2 is 2.16 bits per heavy atom. The van der Waals surface area contributed by atoms with E-state index >= 15 is 0 Å². The van der Waals surface area contributed by atoms with Gasteiger partial charge in [0.15, 0.2) is 0 Å². The molecule has 0 amide bonds. The van der Waals surface area contributed by atoms with Gasteiger partial charge < -0.3 is 9.47 Å². The van der Waals surface area contributed by atoms with Crippen LogP contribution in [0.4, 0.5) is 0 Å². The molecule has 1 aliphatic heterocycles. The topological polar surface area (TPSA) is 35.5 Å². The summed E-state index contributed by atoms with van der Waals surface area (Å²) in [6, 6.07) is 8.30. The van der Waals surface area contributed by atoms with Gasteiger partial charge in [0, 0.05) is 11.8 Å². The number of ether oxygens (including phenoxy) is 2. The first-order valence-corrected chi connectivity index (χ1v) is 7.17. The van der Waals surface area contributed by atoms with Crippen molar-refractivity contribution >= 4 is 17.7 Å². The Bertz CT molecular complexity index is 484. The minimum absolute atomic E-state index is 0.0383. The molecule has 2 rings (SSSR count). The highest BCUT2D eigenvalue weighted by molar-refractivity contribution is 8.00. The molecule has 0 spiro atoms. The molecule has 0 radical (unpaired) electrons. The predicted octanol–water partition coefficient (Wildman–Crippen LogP) is 3.32. The molecule has 0 aromatic heterocycles. The van der Waals surface area contributed by atoms with Gasteiger partial charge in [-0.3, -0.25) is 4.79 Å². The summed E-state index contributed by atoms with van der Waals surface area (Å²) in [5, 5.41) is 0. The standard InChI is InChI=1S/C15H18O3S/c1-10-5-4-6-13(9-10)19-15-8-7-14(11(2)17-15)18-12(3)16/h4-9,11,14-15H,1-3H3/t11-,14+,15?/m0/s1. The van der Waals surface area contributed by atoms with Gasteiger partial charge in [0.05, 0.1) is 6.10 Å². The van der Waals surface area contributed by atoms with Crippen molar-refractivity contribution in [3.05, 3.63) is 42.0 Å². The highest BCUT2D eigenvalue weighted by Gasteiger charge is 2.26. The molecule has 0 saturated heterocycles. The van der Waals surface area contributed by atoms with E-state index in [1.807, 2.05) is 25.1 Å². The molecule has 102 valence electrons. The van der Waals surface area contributed by atoms with Crippen molar-refractivity contribution in [3.8, 4) is 0 Å². The van der Waals surface area contributed by atoms with Crippen molar-refractivity contribution in [3.63, 3.8) is 0 Å². The van der Waals surface area contributed by atoms with Crippen molar-refractivity contribution in [2.45, 2.75) is 43.3 Å². The first kappa shape index (κ1) is 14.2. The van der Waals surface area contributed by atoms with E-state index in [1.54, 1.807) is 11.8 Å². The molecule has 0 N–H and O–H groups in total. The number of rotatable bonds is 3. The molecule has 3 atom stereocenters. The molecule has 1 aromatic rings. The maximum Gasteiger partial charge on any atom is 0.303 e. The molecule has 1 heterocycles. The predicted molar refractivity (Wildman–Crippen MR) is 76.1 cm³/mol. The van der Waals surface area contributed by atoms with Gasteiger partial charge in [-0.1, -0.05) is 29.5 Å². The lowest BCUT2D eigenvalue weighted by molar-refractivity contribution is -0.151. The van der Waals surface area contributed by atoms with Crippen molar-refractivity contribution in [2.24, 2.45) is 0 Å². The van der Waals surface area contributed by atoms with Crippen molar-refractivity contribution in [1.82, 2.24) is 0 Å². The molecule has 3 nitrogen and oxygen atoms in total. The zero-order valence-electron chi connectivity index (χ0n) is 11.3. The fourth-order valence-corrected chi connectivity index (χ4v) is 2.99. The van der Waals surface area contributed by atoms with Crippen LogP contribution in [0.3, 0.4) is 0 Å². The van der Waals surface area contributed by atoms with Crippen LogP contribution < -0.4 is 0 Å². The Kier molecular flexibility index (Phi) is 4.66. The van der Waals surface area contributed by atoms with Crippen molar-refractivity contribution < 1.29 is 14.3 Å². The molecule has 1 unspecified atom stereocenters. The third-order valence-corrected chi connectivity index (χ3v) is 3.84. The number of hydrogen-bond donors (Lipinski definition) is 0. The van der Waals surface area contributed by atoms with E-state index in [1.165, 1.54) is 17.4 Å². The average Bonchev–Trinajstić information content (AvgIpc) is 2.32. The number of carbonyl (C=O) groups excluding carboxylic acids is 1. The van der Waals surface area contributed by atoms with Gasteiger partial charge >= 0.3 is 5.97 Å². The molecule has 1 aliphatic rings. The lowest BCUT2D eigenvalue weighted by Crippen LogP contribution is -2.34. The lowest BCUT2D eigenvalue weighted by atomic mass is 10.2. The van der Waals surface area contributed by atoms with Crippen LogP contribution in [0.25, 0.3) is 0 Å². The van der Waals surface area contributed by atoms with Crippen LogP contribution in [0.15, 0.2) is 41.3 Å². The Morgan fingerprint density at radius 3 is 2.79 bits per heavy atom.